The van der Waals surface area contributed by atoms with Gasteiger partial charge in [-0.25, -0.2) is 9.97 Å². The van der Waals surface area contributed by atoms with Gasteiger partial charge in [-0.3, -0.25) is 4.79 Å². The van der Waals surface area contributed by atoms with Crippen LogP contribution in [0.15, 0.2) is 78.8 Å². The minimum atomic E-state index is -0.177. The van der Waals surface area contributed by atoms with E-state index in [1.54, 1.807) is 4.90 Å². The molecule has 8 heteroatoms. The molecule has 2 aliphatic rings. The van der Waals surface area contributed by atoms with Gasteiger partial charge in [-0.1, -0.05) is 36.4 Å². The van der Waals surface area contributed by atoms with E-state index in [-0.39, 0.29) is 17.5 Å². The van der Waals surface area contributed by atoms with Gasteiger partial charge in [0, 0.05) is 24.8 Å². The molecule has 8 nitrogen and oxygen atoms in total. The molecule has 6 rings (SSSR count). The Bertz CT molecular complexity index is 1550. The van der Waals surface area contributed by atoms with Crippen LogP contribution in [-0.2, 0) is 4.79 Å². The molecule has 0 radical (unpaired) electrons. The third kappa shape index (κ3) is 4.71. The van der Waals surface area contributed by atoms with E-state index in [1.807, 2.05) is 60.7 Å². The second kappa shape index (κ2) is 10.0. The minimum absolute atomic E-state index is 0.0137. The highest BCUT2D eigenvalue weighted by molar-refractivity contribution is 6.01. The van der Waals surface area contributed by atoms with E-state index in [0.717, 1.165) is 59.3 Å². The SMILES string of the molecule is N#C/C(=C\C1CC1)C(=O)N1CCC[C@H](n2cc(-c3ccc(Oc4ccccc4)cc3)c3c(N)ncnc32)C1. The number of likely N-dealkylation sites (tertiary alicyclic amines) is 1. The Kier molecular flexibility index (Phi) is 6.26. The van der Waals surface area contributed by atoms with Crippen molar-refractivity contribution in [3.63, 3.8) is 0 Å². The molecule has 2 aromatic carbocycles. The third-order valence-electron chi connectivity index (χ3n) is 7.24. The Morgan fingerprint density at radius 1 is 1.05 bits per heavy atom. The quantitative estimate of drug-likeness (QED) is 0.274. The third-order valence-corrected chi connectivity index (χ3v) is 7.24. The number of benzene rings is 2. The largest absolute Gasteiger partial charge is 0.457 e. The number of fused-ring (bicyclic) bond motifs is 1. The van der Waals surface area contributed by atoms with Gasteiger partial charge in [0.2, 0.25) is 0 Å². The molecular formula is C30H28N6O2. The zero-order valence-corrected chi connectivity index (χ0v) is 21.0. The fraction of sp³-hybridized carbons (Fsp3) is 0.267. The molecule has 3 heterocycles. The van der Waals surface area contributed by atoms with Crippen molar-refractivity contribution in [2.75, 3.05) is 18.8 Å². The summed E-state index contributed by atoms with van der Waals surface area (Å²) in [6, 6.07) is 19.7. The summed E-state index contributed by atoms with van der Waals surface area (Å²) in [6.45, 7) is 1.16. The molecule has 1 atom stereocenters. The Hall–Kier alpha value is -4.64. The number of carbonyl (C=O) groups excluding carboxylic acids is 1. The first-order valence-electron chi connectivity index (χ1n) is 13.0. The monoisotopic (exact) mass is 504 g/mol. The Labute approximate surface area is 221 Å². The number of hydrogen-bond donors (Lipinski definition) is 1. The van der Waals surface area contributed by atoms with Crippen LogP contribution < -0.4 is 10.5 Å². The smallest absolute Gasteiger partial charge is 0.264 e. The normalized spacial score (nSPS) is 17.8. The van der Waals surface area contributed by atoms with Crippen LogP contribution in [0.1, 0.15) is 31.7 Å². The first kappa shape index (κ1) is 23.7. The minimum Gasteiger partial charge on any atom is -0.457 e. The van der Waals surface area contributed by atoms with Crippen LogP contribution in [0.4, 0.5) is 5.82 Å². The molecule has 0 unspecified atom stereocenters. The summed E-state index contributed by atoms with van der Waals surface area (Å²) in [5.41, 5.74) is 9.26. The predicted octanol–water partition coefficient (Wildman–Crippen LogP) is 5.50. The predicted molar refractivity (Wildman–Crippen MR) is 145 cm³/mol. The van der Waals surface area contributed by atoms with Crippen molar-refractivity contribution < 1.29 is 9.53 Å². The topological polar surface area (TPSA) is 110 Å². The molecule has 1 aliphatic heterocycles. The Morgan fingerprint density at radius 2 is 1.82 bits per heavy atom. The van der Waals surface area contributed by atoms with Crippen LogP contribution in [0.2, 0.25) is 0 Å². The van der Waals surface area contributed by atoms with E-state index in [1.165, 1.54) is 6.33 Å². The van der Waals surface area contributed by atoms with Crippen molar-refractivity contribution in [2.24, 2.45) is 5.92 Å². The molecule has 1 saturated heterocycles. The van der Waals surface area contributed by atoms with Crippen molar-refractivity contribution in [3.05, 3.63) is 78.8 Å². The van der Waals surface area contributed by atoms with E-state index < -0.39 is 0 Å². The molecule has 2 N–H and O–H groups in total. The number of aromatic nitrogens is 3. The molecule has 2 aromatic heterocycles. The molecule has 0 spiro atoms. The average Bonchev–Trinajstić information content (AvgIpc) is 3.69. The highest BCUT2D eigenvalue weighted by Crippen LogP contribution is 2.37. The lowest BCUT2D eigenvalue weighted by Crippen LogP contribution is -2.41. The summed E-state index contributed by atoms with van der Waals surface area (Å²) >= 11 is 0. The van der Waals surface area contributed by atoms with Gasteiger partial charge in [0.05, 0.1) is 11.4 Å². The molecule has 1 amide bonds. The van der Waals surface area contributed by atoms with Gasteiger partial charge in [0.25, 0.3) is 5.91 Å². The van der Waals surface area contributed by atoms with Gasteiger partial charge in [-0.2, -0.15) is 5.26 Å². The Balaban J connectivity index is 1.30. The summed E-state index contributed by atoms with van der Waals surface area (Å²) in [6.07, 6.45) is 9.24. The number of ether oxygens (including phenoxy) is 1. The van der Waals surface area contributed by atoms with Crippen molar-refractivity contribution in [1.29, 1.82) is 5.26 Å². The molecule has 1 aliphatic carbocycles. The zero-order chi connectivity index (χ0) is 26.1. The van der Waals surface area contributed by atoms with Crippen LogP contribution in [0.3, 0.4) is 0 Å². The second-order valence-corrected chi connectivity index (χ2v) is 9.92. The van der Waals surface area contributed by atoms with Crippen LogP contribution in [0.25, 0.3) is 22.2 Å². The zero-order valence-electron chi connectivity index (χ0n) is 21.0. The number of anilines is 1. The van der Waals surface area contributed by atoms with Gasteiger partial charge >= 0.3 is 0 Å². The molecule has 38 heavy (non-hydrogen) atoms. The summed E-state index contributed by atoms with van der Waals surface area (Å²) in [7, 11) is 0. The van der Waals surface area contributed by atoms with Crippen LogP contribution in [0.5, 0.6) is 11.5 Å². The van der Waals surface area contributed by atoms with Crippen molar-refractivity contribution in [3.8, 4) is 28.7 Å². The average molecular weight is 505 g/mol. The number of allylic oxidation sites excluding steroid dienone is 1. The summed E-state index contributed by atoms with van der Waals surface area (Å²) in [5, 5.41) is 10.4. The molecule has 4 aromatic rings. The first-order chi connectivity index (χ1) is 18.6. The van der Waals surface area contributed by atoms with E-state index >= 15 is 0 Å². The second-order valence-electron chi connectivity index (χ2n) is 9.92. The Morgan fingerprint density at radius 3 is 2.55 bits per heavy atom. The molecule has 1 saturated carbocycles. The van der Waals surface area contributed by atoms with Crippen LogP contribution in [-0.4, -0.2) is 38.4 Å². The summed E-state index contributed by atoms with van der Waals surface area (Å²) < 4.78 is 8.07. The van der Waals surface area contributed by atoms with Gasteiger partial charge < -0.3 is 19.9 Å². The standard InChI is InChI=1S/C30H28N6O2/c31-16-22(15-20-8-9-20)30(37)35-14-4-5-23(17-35)36-18-26(27-28(32)33-19-34-29(27)36)21-10-12-25(13-11-21)38-24-6-2-1-3-7-24/h1-3,6-7,10-13,15,18-20,23H,4-5,8-9,14,17H2,(H2,32,33,34)/b22-15+/t23-/m0/s1. The fourth-order valence-electron chi connectivity index (χ4n) is 5.12. The number of rotatable bonds is 6. The maximum atomic E-state index is 13.1. The van der Waals surface area contributed by atoms with Crippen molar-refractivity contribution >= 4 is 22.8 Å². The molecule has 0 bridgehead atoms. The number of nitrogens with zero attached hydrogens (tertiary/aromatic N) is 5. The first-order valence-corrected chi connectivity index (χ1v) is 13.0. The lowest BCUT2D eigenvalue weighted by molar-refractivity contribution is -0.128. The van der Waals surface area contributed by atoms with Crippen molar-refractivity contribution in [2.45, 2.75) is 31.7 Å². The number of piperidine rings is 1. The number of carbonyl (C=O) groups is 1. The molecular weight excluding hydrogens is 476 g/mol. The van der Waals surface area contributed by atoms with Gasteiger partial charge in [0.1, 0.15) is 40.9 Å². The molecule has 2 fully saturated rings. The summed E-state index contributed by atoms with van der Waals surface area (Å²) in [5.74, 6) is 2.12. The van der Waals surface area contributed by atoms with Crippen molar-refractivity contribution in [1.82, 2.24) is 19.4 Å². The van der Waals surface area contributed by atoms with Crippen LogP contribution >= 0.6 is 0 Å². The lowest BCUT2D eigenvalue weighted by Gasteiger charge is -2.33. The maximum absolute atomic E-state index is 13.1. The number of nitriles is 1. The van der Waals surface area contributed by atoms with Gasteiger partial charge in [-0.15, -0.1) is 0 Å². The van der Waals surface area contributed by atoms with E-state index in [2.05, 4.69) is 26.8 Å². The number of nitrogen functional groups attached to an aromatic ring is 1. The number of para-hydroxylation sites is 1. The summed E-state index contributed by atoms with van der Waals surface area (Å²) in [4.78, 5) is 23.8. The van der Waals surface area contributed by atoms with Gasteiger partial charge in [-0.05, 0) is 61.4 Å². The number of hydrogen-bond acceptors (Lipinski definition) is 6. The number of nitrogens with two attached hydrogens (primary N) is 1. The van der Waals surface area contributed by atoms with E-state index in [4.69, 9.17) is 10.5 Å². The lowest BCUT2D eigenvalue weighted by atomic mass is 10.0. The molecule has 190 valence electrons. The fourth-order valence-corrected chi connectivity index (χ4v) is 5.12. The van der Waals surface area contributed by atoms with E-state index in [9.17, 15) is 10.1 Å². The highest BCUT2D eigenvalue weighted by Gasteiger charge is 2.30. The van der Waals surface area contributed by atoms with Crippen LogP contribution in [0, 0.1) is 17.2 Å². The maximum Gasteiger partial charge on any atom is 0.264 e. The highest BCUT2D eigenvalue weighted by atomic mass is 16.5. The number of amides is 1. The van der Waals surface area contributed by atoms with Gasteiger partial charge in [0.15, 0.2) is 0 Å². The van der Waals surface area contributed by atoms with E-state index in [0.29, 0.717) is 24.8 Å².